The number of rotatable bonds is 3. The second-order valence-corrected chi connectivity index (χ2v) is 6.28. The number of piperidine rings is 1. The number of carbonyl (C=O) groups is 1. The first-order valence-corrected chi connectivity index (χ1v) is 7.56. The lowest BCUT2D eigenvalue weighted by molar-refractivity contribution is -0.119. The van der Waals surface area contributed by atoms with E-state index in [1.807, 2.05) is 0 Å². The van der Waals surface area contributed by atoms with Gasteiger partial charge in [0.2, 0.25) is 5.91 Å². The molecular weight excluding hydrogens is 301 g/mol. The summed E-state index contributed by atoms with van der Waals surface area (Å²) >= 11 is -0.219. The van der Waals surface area contributed by atoms with E-state index in [0.717, 1.165) is 13.0 Å². The number of halogens is 3. The minimum Gasteiger partial charge on any atom is -0.324 e. The Bertz CT molecular complexity index is 507. The first-order chi connectivity index (χ1) is 9.85. The van der Waals surface area contributed by atoms with Crippen molar-refractivity contribution >= 4 is 23.4 Å². The number of thioether (sulfide) groups is 1. The highest BCUT2D eigenvalue weighted by Crippen LogP contribution is 2.40. The Balaban J connectivity index is 2.07. The number of nitrogens with one attached hydrogen (secondary N) is 2. The smallest absolute Gasteiger partial charge is 0.324 e. The van der Waals surface area contributed by atoms with Gasteiger partial charge in [0.05, 0.1) is 11.7 Å². The lowest BCUT2D eigenvalue weighted by atomic mass is 9.94. The molecule has 2 atom stereocenters. The SMILES string of the molecule is CC1CCNC(C(=O)Nc2ccccc2SC(F)(F)F)C1. The molecule has 0 aromatic heterocycles. The number of para-hydroxylation sites is 1. The summed E-state index contributed by atoms with van der Waals surface area (Å²) in [6.07, 6.45) is 1.70. The van der Waals surface area contributed by atoms with E-state index in [4.69, 9.17) is 0 Å². The first-order valence-electron chi connectivity index (χ1n) is 6.74. The molecule has 0 bridgehead atoms. The average molecular weight is 318 g/mol. The van der Waals surface area contributed by atoms with Crippen LogP contribution in [0.15, 0.2) is 29.2 Å². The van der Waals surface area contributed by atoms with Crippen molar-refractivity contribution in [3.8, 4) is 0 Å². The molecule has 0 radical (unpaired) electrons. The van der Waals surface area contributed by atoms with Crippen molar-refractivity contribution in [2.45, 2.75) is 36.2 Å². The van der Waals surface area contributed by atoms with Gasteiger partial charge in [0.25, 0.3) is 0 Å². The van der Waals surface area contributed by atoms with Crippen molar-refractivity contribution in [3.63, 3.8) is 0 Å². The van der Waals surface area contributed by atoms with Crippen LogP contribution < -0.4 is 10.6 Å². The molecule has 2 rings (SSSR count). The van der Waals surface area contributed by atoms with E-state index in [-0.39, 0.29) is 34.3 Å². The number of benzene rings is 1. The largest absolute Gasteiger partial charge is 0.446 e. The van der Waals surface area contributed by atoms with Crippen molar-refractivity contribution in [1.29, 1.82) is 0 Å². The maximum absolute atomic E-state index is 12.5. The standard InChI is InChI=1S/C14H17F3N2OS/c1-9-6-7-18-11(8-9)13(20)19-10-4-2-3-5-12(10)21-14(15,16)17/h2-5,9,11,18H,6-8H2,1H3,(H,19,20). The predicted molar refractivity (Wildman–Crippen MR) is 77.2 cm³/mol. The normalized spacial score (nSPS) is 22.9. The molecule has 1 heterocycles. The number of carbonyl (C=O) groups excluding carboxylic acids is 1. The van der Waals surface area contributed by atoms with E-state index in [1.54, 1.807) is 6.07 Å². The molecule has 1 fully saturated rings. The highest BCUT2D eigenvalue weighted by Gasteiger charge is 2.31. The van der Waals surface area contributed by atoms with Gasteiger partial charge in [-0.1, -0.05) is 19.1 Å². The molecule has 0 saturated carbocycles. The Kier molecular flexibility index (Phi) is 5.16. The lowest BCUT2D eigenvalue weighted by Crippen LogP contribution is -2.45. The van der Waals surface area contributed by atoms with Crippen LogP contribution in [0.4, 0.5) is 18.9 Å². The Hall–Kier alpha value is -1.21. The van der Waals surface area contributed by atoms with Crippen LogP contribution in [0, 0.1) is 5.92 Å². The Morgan fingerprint density at radius 1 is 1.38 bits per heavy atom. The van der Waals surface area contributed by atoms with Crippen LogP contribution in [-0.2, 0) is 4.79 Å². The molecule has 1 aliphatic heterocycles. The molecular formula is C14H17F3N2OS. The van der Waals surface area contributed by atoms with Gasteiger partial charge in [-0.2, -0.15) is 13.2 Å². The minimum atomic E-state index is -4.38. The maximum atomic E-state index is 12.5. The zero-order chi connectivity index (χ0) is 15.5. The first kappa shape index (κ1) is 16.2. The summed E-state index contributed by atoms with van der Waals surface area (Å²) in [6, 6.07) is 5.61. The summed E-state index contributed by atoms with van der Waals surface area (Å²) in [5, 5.41) is 5.70. The third kappa shape index (κ3) is 4.93. The molecule has 116 valence electrons. The number of alkyl halides is 3. The van der Waals surface area contributed by atoms with Crippen molar-refractivity contribution in [3.05, 3.63) is 24.3 Å². The van der Waals surface area contributed by atoms with Crippen molar-refractivity contribution < 1.29 is 18.0 Å². The molecule has 1 aromatic carbocycles. The molecule has 2 unspecified atom stereocenters. The summed E-state index contributed by atoms with van der Waals surface area (Å²) in [7, 11) is 0. The number of hydrogen-bond acceptors (Lipinski definition) is 3. The van der Waals surface area contributed by atoms with Gasteiger partial charge in [0.1, 0.15) is 0 Å². The lowest BCUT2D eigenvalue weighted by Gasteiger charge is -2.27. The Labute approximate surface area is 125 Å². The van der Waals surface area contributed by atoms with E-state index in [2.05, 4.69) is 17.6 Å². The van der Waals surface area contributed by atoms with Crippen LogP contribution in [0.5, 0.6) is 0 Å². The highest BCUT2D eigenvalue weighted by atomic mass is 32.2. The molecule has 21 heavy (non-hydrogen) atoms. The summed E-state index contributed by atoms with van der Waals surface area (Å²) < 4.78 is 37.5. The quantitative estimate of drug-likeness (QED) is 0.836. The third-order valence-corrected chi connectivity index (χ3v) is 4.16. The van der Waals surface area contributed by atoms with Crippen LogP contribution in [0.3, 0.4) is 0 Å². The van der Waals surface area contributed by atoms with Crippen LogP contribution in [0.25, 0.3) is 0 Å². The van der Waals surface area contributed by atoms with E-state index >= 15 is 0 Å². The fraction of sp³-hybridized carbons (Fsp3) is 0.500. The highest BCUT2D eigenvalue weighted by molar-refractivity contribution is 8.00. The fourth-order valence-corrected chi connectivity index (χ4v) is 2.94. The zero-order valence-corrected chi connectivity index (χ0v) is 12.4. The van der Waals surface area contributed by atoms with Crippen molar-refractivity contribution in [2.75, 3.05) is 11.9 Å². The molecule has 1 saturated heterocycles. The average Bonchev–Trinajstić information content (AvgIpc) is 2.39. The molecule has 0 aliphatic carbocycles. The van der Waals surface area contributed by atoms with Gasteiger partial charge >= 0.3 is 5.51 Å². The summed E-state index contributed by atoms with van der Waals surface area (Å²) in [6.45, 7) is 2.81. The summed E-state index contributed by atoms with van der Waals surface area (Å²) in [4.78, 5) is 12.2. The van der Waals surface area contributed by atoms with Crippen LogP contribution in [0.1, 0.15) is 19.8 Å². The second-order valence-electron chi connectivity index (χ2n) is 5.17. The van der Waals surface area contributed by atoms with Crippen LogP contribution in [-0.4, -0.2) is 24.0 Å². The predicted octanol–water partition coefficient (Wildman–Crippen LogP) is 3.63. The Morgan fingerprint density at radius 3 is 2.76 bits per heavy atom. The van der Waals surface area contributed by atoms with Gasteiger partial charge in [-0.15, -0.1) is 0 Å². The zero-order valence-electron chi connectivity index (χ0n) is 11.5. The molecule has 3 nitrogen and oxygen atoms in total. The third-order valence-electron chi connectivity index (χ3n) is 3.35. The van der Waals surface area contributed by atoms with Gasteiger partial charge in [-0.25, -0.2) is 0 Å². The van der Waals surface area contributed by atoms with Crippen LogP contribution in [0.2, 0.25) is 0 Å². The van der Waals surface area contributed by atoms with E-state index < -0.39 is 5.51 Å². The number of amides is 1. The second kappa shape index (κ2) is 6.70. The molecule has 7 heteroatoms. The molecule has 1 aliphatic rings. The molecule has 1 amide bonds. The van der Waals surface area contributed by atoms with Gasteiger partial charge in [0, 0.05) is 4.90 Å². The summed E-state index contributed by atoms with van der Waals surface area (Å²) in [5.41, 5.74) is -4.18. The van der Waals surface area contributed by atoms with Gasteiger partial charge in [0.15, 0.2) is 0 Å². The monoisotopic (exact) mass is 318 g/mol. The van der Waals surface area contributed by atoms with Gasteiger partial charge in [-0.05, 0) is 49.2 Å². The van der Waals surface area contributed by atoms with E-state index in [1.165, 1.54) is 18.2 Å². The van der Waals surface area contributed by atoms with E-state index in [0.29, 0.717) is 12.3 Å². The van der Waals surface area contributed by atoms with Crippen LogP contribution >= 0.6 is 11.8 Å². The minimum absolute atomic E-state index is 0.00204. The van der Waals surface area contributed by atoms with Gasteiger partial charge < -0.3 is 10.6 Å². The fourth-order valence-electron chi connectivity index (χ4n) is 2.31. The van der Waals surface area contributed by atoms with Crippen molar-refractivity contribution in [1.82, 2.24) is 5.32 Å². The molecule has 0 spiro atoms. The Morgan fingerprint density at radius 2 is 2.10 bits per heavy atom. The molecule has 1 aromatic rings. The maximum Gasteiger partial charge on any atom is 0.446 e. The molecule has 2 N–H and O–H groups in total. The number of anilines is 1. The van der Waals surface area contributed by atoms with Crippen molar-refractivity contribution in [2.24, 2.45) is 5.92 Å². The van der Waals surface area contributed by atoms with E-state index in [9.17, 15) is 18.0 Å². The topological polar surface area (TPSA) is 41.1 Å². The summed E-state index contributed by atoms with van der Waals surface area (Å²) in [5.74, 6) is 0.151. The van der Waals surface area contributed by atoms with Gasteiger partial charge in [-0.3, -0.25) is 4.79 Å². The number of hydrogen-bond donors (Lipinski definition) is 2.